The Morgan fingerprint density at radius 1 is 0.700 bits per heavy atom. The van der Waals surface area contributed by atoms with E-state index in [-0.39, 0.29) is 11.3 Å². The molecule has 9 nitrogen and oxygen atoms in total. The Kier molecular flexibility index (Phi) is 2.85. The number of aromatic nitrogens is 4. The van der Waals surface area contributed by atoms with Crippen LogP contribution in [0, 0.1) is 0 Å². The number of nitrogens with zero attached hydrogens (tertiary/aromatic N) is 4. The van der Waals surface area contributed by atoms with Crippen LogP contribution < -0.4 is 11.4 Å². The molecule has 0 radical (unpaired) electrons. The predicted molar refractivity (Wildman–Crippen MR) is 68.3 cm³/mol. The summed E-state index contributed by atoms with van der Waals surface area (Å²) in [5, 5.41) is 0. The first kappa shape index (κ1) is 13.7. The van der Waals surface area contributed by atoms with E-state index in [0.29, 0.717) is 13.7 Å². The van der Waals surface area contributed by atoms with E-state index in [0.717, 1.165) is 25.3 Å². The number of carbonyl (C=O) groups excluding carboxylic acids is 3. The van der Waals surface area contributed by atoms with Gasteiger partial charge in [-0.05, 0) is 0 Å². The van der Waals surface area contributed by atoms with Gasteiger partial charge >= 0.3 is 11.4 Å². The highest BCUT2D eigenvalue weighted by atomic mass is 16.2. The molecule has 0 fully saturated rings. The molecule has 2 aromatic heterocycles. The molecule has 9 heteroatoms. The molecule has 2 aromatic rings. The molecule has 0 aromatic carbocycles. The lowest BCUT2D eigenvalue weighted by Crippen LogP contribution is -2.35. The Morgan fingerprint density at radius 2 is 1.05 bits per heavy atom. The van der Waals surface area contributed by atoms with Crippen LogP contribution in [0.3, 0.4) is 0 Å². The Balaban J connectivity index is 3.27. The SMILES string of the molecule is CC(=O)n1c(=O)n(C(C)=O)c2c1n(C)c(=O)n2C(C)=O. The lowest BCUT2D eigenvalue weighted by Gasteiger charge is -1.99. The summed E-state index contributed by atoms with van der Waals surface area (Å²) in [6.45, 7) is 3.36. The summed E-state index contributed by atoms with van der Waals surface area (Å²) in [6.07, 6.45) is 0. The Morgan fingerprint density at radius 3 is 1.45 bits per heavy atom. The van der Waals surface area contributed by atoms with E-state index in [1.165, 1.54) is 7.05 Å². The molecule has 2 rings (SSSR count). The Labute approximate surface area is 111 Å². The molecule has 0 aliphatic rings. The van der Waals surface area contributed by atoms with Crippen LogP contribution >= 0.6 is 0 Å². The highest BCUT2D eigenvalue weighted by Crippen LogP contribution is 2.11. The molecule has 0 saturated heterocycles. The molecule has 2 heterocycles. The lowest BCUT2D eigenvalue weighted by molar-refractivity contribution is 0.0924. The molecule has 106 valence electrons. The van der Waals surface area contributed by atoms with Crippen molar-refractivity contribution in [2.75, 3.05) is 0 Å². The van der Waals surface area contributed by atoms with Crippen LogP contribution in [0.5, 0.6) is 0 Å². The van der Waals surface area contributed by atoms with Crippen molar-refractivity contribution in [2.45, 2.75) is 20.8 Å². The number of aryl methyl sites for hydroxylation is 1. The minimum absolute atomic E-state index is 0.0853. The van der Waals surface area contributed by atoms with Gasteiger partial charge in [0, 0.05) is 27.8 Å². The van der Waals surface area contributed by atoms with Crippen LogP contribution in [0.25, 0.3) is 11.3 Å². The molecule has 0 saturated carbocycles. The minimum atomic E-state index is -0.902. The lowest BCUT2D eigenvalue weighted by atomic mass is 10.6. The second-order valence-electron chi connectivity index (χ2n) is 4.33. The Bertz CT molecular complexity index is 877. The monoisotopic (exact) mass is 280 g/mol. The molecule has 20 heavy (non-hydrogen) atoms. The van der Waals surface area contributed by atoms with E-state index in [9.17, 15) is 24.0 Å². The smallest absolute Gasteiger partial charge is 0.279 e. The van der Waals surface area contributed by atoms with Crippen molar-refractivity contribution in [3.8, 4) is 0 Å². The van der Waals surface area contributed by atoms with Gasteiger partial charge in [-0.15, -0.1) is 0 Å². The number of hydrogen-bond donors (Lipinski definition) is 0. The van der Waals surface area contributed by atoms with Crippen LogP contribution in [0.15, 0.2) is 9.59 Å². The van der Waals surface area contributed by atoms with Gasteiger partial charge in [-0.2, -0.15) is 0 Å². The molecular formula is C11H12N4O5. The van der Waals surface area contributed by atoms with Gasteiger partial charge in [0.25, 0.3) is 0 Å². The van der Waals surface area contributed by atoms with Crippen LogP contribution in [0.4, 0.5) is 0 Å². The van der Waals surface area contributed by atoms with Gasteiger partial charge in [-0.25, -0.2) is 23.3 Å². The maximum absolute atomic E-state index is 12.1. The molecule has 0 atom stereocenters. The van der Waals surface area contributed by atoms with Gasteiger partial charge < -0.3 is 0 Å². The third kappa shape index (κ3) is 1.52. The van der Waals surface area contributed by atoms with Crippen molar-refractivity contribution in [1.29, 1.82) is 0 Å². The Hall–Kier alpha value is -2.71. The van der Waals surface area contributed by atoms with Crippen LogP contribution in [-0.2, 0) is 7.05 Å². The summed E-state index contributed by atoms with van der Waals surface area (Å²) in [5.74, 6) is -2.01. The standard InChI is InChI=1S/C11H12N4O5/c1-5(16)13-8-9(15(7(3)18)11(13)20)14(6(2)17)10(19)12(8)4/h1-4H3. The maximum atomic E-state index is 12.1. The fraction of sp³-hybridized carbons (Fsp3) is 0.364. The molecule has 0 bridgehead atoms. The molecule has 0 spiro atoms. The largest absolute Gasteiger partial charge is 0.345 e. The van der Waals surface area contributed by atoms with E-state index in [4.69, 9.17) is 0 Å². The van der Waals surface area contributed by atoms with Crippen LogP contribution in [-0.4, -0.2) is 36.0 Å². The van der Waals surface area contributed by atoms with E-state index >= 15 is 0 Å². The zero-order valence-corrected chi connectivity index (χ0v) is 11.3. The van der Waals surface area contributed by atoms with Crippen LogP contribution in [0.2, 0.25) is 0 Å². The average molecular weight is 280 g/mol. The zero-order chi connectivity index (χ0) is 15.4. The third-order valence-electron chi connectivity index (χ3n) is 2.96. The first-order valence-corrected chi connectivity index (χ1v) is 5.68. The van der Waals surface area contributed by atoms with Crippen molar-refractivity contribution in [1.82, 2.24) is 18.3 Å². The van der Waals surface area contributed by atoms with Crippen molar-refractivity contribution >= 4 is 29.0 Å². The quantitative estimate of drug-likeness (QED) is 0.633. The normalized spacial score (nSPS) is 11.0. The second-order valence-corrected chi connectivity index (χ2v) is 4.33. The zero-order valence-electron chi connectivity index (χ0n) is 11.3. The van der Waals surface area contributed by atoms with Gasteiger partial charge in [0.2, 0.25) is 17.7 Å². The van der Waals surface area contributed by atoms with Gasteiger partial charge in [-0.3, -0.25) is 19.0 Å². The van der Waals surface area contributed by atoms with Gasteiger partial charge in [-0.1, -0.05) is 0 Å². The van der Waals surface area contributed by atoms with E-state index in [1.807, 2.05) is 0 Å². The summed E-state index contributed by atoms with van der Waals surface area (Å²) < 4.78 is 3.01. The number of fused-ring (bicyclic) bond motifs is 1. The van der Waals surface area contributed by atoms with Gasteiger partial charge in [0.1, 0.15) is 0 Å². The number of hydrogen-bond acceptors (Lipinski definition) is 5. The number of rotatable bonds is 0. The molecule has 0 aliphatic carbocycles. The van der Waals surface area contributed by atoms with E-state index in [2.05, 4.69) is 0 Å². The van der Waals surface area contributed by atoms with E-state index in [1.54, 1.807) is 0 Å². The van der Waals surface area contributed by atoms with Crippen molar-refractivity contribution in [3.63, 3.8) is 0 Å². The fourth-order valence-electron chi connectivity index (χ4n) is 2.16. The molecule has 0 amide bonds. The summed E-state index contributed by atoms with van der Waals surface area (Å²) in [5.41, 5.74) is -1.91. The van der Waals surface area contributed by atoms with Crippen molar-refractivity contribution in [3.05, 3.63) is 21.0 Å². The third-order valence-corrected chi connectivity index (χ3v) is 2.96. The number of carbonyl (C=O) groups is 3. The molecule has 0 unspecified atom stereocenters. The minimum Gasteiger partial charge on any atom is -0.279 e. The molecular weight excluding hydrogens is 268 g/mol. The maximum Gasteiger partial charge on any atom is 0.345 e. The topological polar surface area (TPSA) is 105 Å². The summed E-state index contributed by atoms with van der Waals surface area (Å²) in [4.78, 5) is 58.9. The van der Waals surface area contributed by atoms with E-state index < -0.39 is 29.1 Å². The van der Waals surface area contributed by atoms with Crippen molar-refractivity contribution < 1.29 is 14.4 Å². The molecule has 0 N–H and O–H groups in total. The highest BCUT2D eigenvalue weighted by molar-refractivity contribution is 5.96. The first-order chi connectivity index (χ1) is 9.20. The van der Waals surface area contributed by atoms with Crippen molar-refractivity contribution in [2.24, 2.45) is 7.05 Å². The second kappa shape index (κ2) is 4.15. The van der Waals surface area contributed by atoms with Gasteiger partial charge in [0.05, 0.1) is 0 Å². The first-order valence-electron chi connectivity index (χ1n) is 5.68. The summed E-state index contributed by atoms with van der Waals surface area (Å²) in [6, 6.07) is 0. The predicted octanol–water partition coefficient (Wildman–Crippen LogP) is -0.716. The fourth-order valence-corrected chi connectivity index (χ4v) is 2.16. The summed E-state index contributed by atoms with van der Waals surface area (Å²) >= 11 is 0. The summed E-state index contributed by atoms with van der Waals surface area (Å²) in [7, 11) is 1.31. The average Bonchev–Trinajstić information content (AvgIpc) is 2.72. The van der Waals surface area contributed by atoms with Gasteiger partial charge in [0.15, 0.2) is 11.3 Å². The van der Waals surface area contributed by atoms with Crippen LogP contribution in [0.1, 0.15) is 35.2 Å². The molecule has 0 aliphatic heterocycles. The number of imidazole rings is 2. The highest BCUT2D eigenvalue weighted by Gasteiger charge is 2.27.